The van der Waals surface area contributed by atoms with Gasteiger partial charge in [0.25, 0.3) is 0 Å². The van der Waals surface area contributed by atoms with E-state index in [4.69, 9.17) is 0 Å². The monoisotopic (exact) mass is 164 g/mol. The Labute approximate surface area is 73.8 Å². The Bertz CT molecular complexity index is 235. The first-order valence-electron chi connectivity index (χ1n) is 4.80. The lowest BCUT2D eigenvalue weighted by molar-refractivity contribution is -0.104. The molecule has 0 amide bonds. The van der Waals surface area contributed by atoms with Gasteiger partial charge < -0.3 is 0 Å². The highest BCUT2D eigenvalue weighted by molar-refractivity contribution is 5.66. The molecule has 3 saturated carbocycles. The predicted octanol–water partition coefficient (Wildman–Crippen LogP) is 2.57. The molecule has 2 bridgehead atoms. The highest BCUT2D eigenvalue weighted by Gasteiger charge is 2.51. The van der Waals surface area contributed by atoms with Crippen LogP contribution in [0.25, 0.3) is 0 Å². The van der Waals surface area contributed by atoms with E-state index in [0.717, 1.165) is 18.6 Å². The highest BCUT2D eigenvalue weighted by Crippen LogP contribution is 2.60. The molecule has 2 atom stereocenters. The van der Waals surface area contributed by atoms with E-state index in [9.17, 15) is 4.79 Å². The number of carbonyl (C=O) groups is 1. The minimum absolute atomic E-state index is 0.479. The van der Waals surface area contributed by atoms with Crippen LogP contribution in [0.4, 0.5) is 0 Å². The number of hydrogen-bond donors (Lipinski definition) is 0. The van der Waals surface area contributed by atoms with Crippen molar-refractivity contribution in [1.82, 2.24) is 0 Å². The summed E-state index contributed by atoms with van der Waals surface area (Å²) in [7, 11) is 0. The lowest BCUT2D eigenvalue weighted by atomic mass is 9.47. The fourth-order valence-electron chi connectivity index (χ4n) is 2.94. The van der Waals surface area contributed by atoms with Crippen LogP contribution >= 0.6 is 0 Å². The third-order valence-corrected chi connectivity index (χ3v) is 3.98. The lowest BCUT2D eigenvalue weighted by Gasteiger charge is -2.57. The van der Waals surface area contributed by atoms with E-state index in [1.54, 1.807) is 6.08 Å². The third-order valence-electron chi connectivity index (χ3n) is 3.98. The van der Waals surface area contributed by atoms with Crippen LogP contribution in [0.5, 0.6) is 0 Å². The Morgan fingerprint density at radius 1 is 1.50 bits per heavy atom. The zero-order chi connectivity index (χ0) is 8.77. The van der Waals surface area contributed by atoms with Crippen molar-refractivity contribution in [2.24, 2.45) is 17.3 Å². The van der Waals surface area contributed by atoms with Crippen LogP contribution in [0, 0.1) is 17.3 Å². The number of rotatable bonds is 1. The van der Waals surface area contributed by atoms with Crippen LogP contribution in [0.3, 0.4) is 0 Å². The zero-order valence-corrected chi connectivity index (χ0v) is 7.84. The Balaban J connectivity index is 2.21. The second-order valence-electron chi connectivity index (χ2n) is 4.72. The molecule has 3 aliphatic carbocycles. The number of hydrogen-bond acceptors (Lipinski definition) is 1. The fraction of sp³-hybridized carbons (Fsp3) is 0.727. The average molecular weight is 164 g/mol. The normalized spacial score (nSPS) is 40.7. The molecular weight excluding hydrogens is 148 g/mol. The SMILES string of the molecule is CC1(C)[C@H]2CC/C(=C/C=O)[C@@H]1C2. The first-order chi connectivity index (χ1) is 5.66. The van der Waals surface area contributed by atoms with Crippen LogP contribution in [-0.4, -0.2) is 6.29 Å². The van der Waals surface area contributed by atoms with Crippen molar-refractivity contribution in [2.75, 3.05) is 0 Å². The molecule has 3 rings (SSSR count). The minimum Gasteiger partial charge on any atom is -0.299 e. The van der Waals surface area contributed by atoms with Gasteiger partial charge in [0.05, 0.1) is 0 Å². The Kier molecular flexibility index (Phi) is 1.64. The standard InChI is InChI=1S/C11H16O/c1-11(2)9-4-3-8(5-6-12)10(11)7-9/h5-6,9-10H,3-4,7H2,1-2H3/b8-5-/t9-,10-/m0/s1. The van der Waals surface area contributed by atoms with Gasteiger partial charge in [-0.3, -0.25) is 4.79 Å². The molecule has 0 aromatic heterocycles. The number of fused-ring (bicyclic) bond motifs is 2. The van der Waals surface area contributed by atoms with E-state index in [1.165, 1.54) is 18.4 Å². The Morgan fingerprint density at radius 3 is 2.75 bits per heavy atom. The molecule has 0 aromatic carbocycles. The van der Waals surface area contributed by atoms with E-state index >= 15 is 0 Å². The summed E-state index contributed by atoms with van der Waals surface area (Å²) in [6.07, 6.45) is 6.53. The van der Waals surface area contributed by atoms with Crippen LogP contribution < -0.4 is 0 Å². The molecule has 3 fully saturated rings. The third kappa shape index (κ3) is 0.886. The van der Waals surface area contributed by atoms with Crippen molar-refractivity contribution < 1.29 is 4.79 Å². The molecule has 0 radical (unpaired) electrons. The van der Waals surface area contributed by atoms with Crippen molar-refractivity contribution in [3.63, 3.8) is 0 Å². The molecule has 66 valence electrons. The van der Waals surface area contributed by atoms with E-state index in [1.807, 2.05) is 0 Å². The Hall–Kier alpha value is -0.590. The van der Waals surface area contributed by atoms with Gasteiger partial charge in [0.2, 0.25) is 0 Å². The molecule has 12 heavy (non-hydrogen) atoms. The van der Waals surface area contributed by atoms with Crippen molar-refractivity contribution in [3.05, 3.63) is 11.6 Å². The number of carbonyl (C=O) groups excluding carboxylic acids is 1. The molecular formula is C11H16O. The maximum absolute atomic E-state index is 10.4. The van der Waals surface area contributed by atoms with Gasteiger partial charge in [-0.15, -0.1) is 0 Å². The second kappa shape index (κ2) is 2.45. The van der Waals surface area contributed by atoms with Gasteiger partial charge in [0.15, 0.2) is 0 Å². The summed E-state index contributed by atoms with van der Waals surface area (Å²) in [6, 6.07) is 0. The molecule has 1 nitrogen and oxygen atoms in total. The molecule has 0 spiro atoms. The molecule has 1 heteroatoms. The van der Waals surface area contributed by atoms with Crippen molar-refractivity contribution in [3.8, 4) is 0 Å². The second-order valence-corrected chi connectivity index (χ2v) is 4.72. The molecule has 3 aliphatic rings. The van der Waals surface area contributed by atoms with Gasteiger partial charge in [0, 0.05) is 0 Å². The molecule has 0 unspecified atom stereocenters. The summed E-state index contributed by atoms with van der Waals surface area (Å²) >= 11 is 0. The van der Waals surface area contributed by atoms with Crippen LogP contribution in [0.1, 0.15) is 33.1 Å². The molecule has 0 heterocycles. The van der Waals surface area contributed by atoms with Gasteiger partial charge in [-0.05, 0) is 42.6 Å². The van der Waals surface area contributed by atoms with Crippen LogP contribution in [-0.2, 0) is 4.79 Å². The maximum Gasteiger partial charge on any atom is 0.142 e. The number of aldehydes is 1. The maximum atomic E-state index is 10.4. The van der Waals surface area contributed by atoms with Crippen LogP contribution in [0.15, 0.2) is 11.6 Å². The van der Waals surface area contributed by atoms with Crippen molar-refractivity contribution >= 4 is 6.29 Å². The van der Waals surface area contributed by atoms with Crippen molar-refractivity contribution in [2.45, 2.75) is 33.1 Å². The van der Waals surface area contributed by atoms with E-state index in [-0.39, 0.29) is 0 Å². The van der Waals surface area contributed by atoms with Gasteiger partial charge in [-0.2, -0.15) is 0 Å². The van der Waals surface area contributed by atoms with E-state index in [0.29, 0.717) is 11.3 Å². The summed E-state index contributed by atoms with van der Waals surface area (Å²) in [5.41, 5.74) is 1.88. The van der Waals surface area contributed by atoms with Gasteiger partial charge >= 0.3 is 0 Å². The lowest BCUT2D eigenvalue weighted by Crippen LogP contribution is -2.49. The number of allylic oxidation sites excluding steroid dienone is 2. The van der Waals surface area contributed by atoms with Crippen molar-refractivity contribution in [1.29, 1.82) is 0 Å². The van der Waals surface area contributed by atoms with E-state index < -0.39 is 0 Å². The van der Waals surface area contributed by atoms with Gasteiger partial charge in [0.1, 0.15) is 6.29 Å². The largest absolute Gasteiger partial charge is 0.299 e. The van der Waals surface area contributed by atoms with E-state index in [2.05, 4.69) is 13.8 Å². The molecule has 0 saturated heterocycles. The van der Waals surface area contributed by atoms with Crippen LogP contribution in [0.2, 0.25) is 0 Å². The predicted molar refractivity (Wildman–Crippen MR) is 48.8 cm³/mol. The molecule has 0 aliphatic heterocycles. The summed E-state index contributed by atoms with van der Waals surface area (Å²) in [5, 5.41) is 0. The topological polar surface area (TPSA) is 17.1 Å². The minimum atomic E-state index is 0.479. The molecule has 0 N–H and O–H groups in total. The molecule has 0 aromatic rings. The summed E-state index contributed by atoms with van der Waals surface area (Å²) in [5.74, 6) is 1.63. The zero-order valence-electron chi connectivity index (χ0n) is 7.84. The van der Waals surface area contributed by atoms with Gasteiger partial charge in [-0.1, -0.05) is 19.4 Å². The summed E-state index contributed by atoms with van der Waals surface area (Å²) < 4.78 is 0. The fourth-order valence-corrected chi connectivity index (χ4v) is 2.94. The first-order valence-corrected chi connectivity index (χ1v) is 4.80. The van der Waals surface area contributed by atoms with Gasteiger partial charge in [-0.25, -0.2) is 0 Å². The smallest absolute Gasteiger partial charge is 0.142 e. The highest BCUT2D eigenvalue weighted by atomic mass is 16.1. The average Bonchev–Trinajstić information content (AvgIpc) is 2.05. The Morgan fingerprint density at radius 2 is 2.25 bits per heavy atom. The first kappa shape index (κ1) is 8.03. The quantitative estimate of drug-likeness (QED) is 0.430. The summed E-state index contributed by atoms with van der Waals surface area (Å²) in [6.45, 7) is 4.67. The summed E-state index contributed by atoms with van der Waals surface area (Å²) in [4.78, 5) is 10.4.